The number of rotatable bonds is 8. The monoisotopic (exact) mass is 526 g/mol. The molecule has 1 amide bonds. The van der Waals surface area contributed by atoms with Gasteiger partial charge in [0.15, 0.2) is 5.96 Å². The Bertz CT molecular complexity index is 790. The summed E-state index contributed by atoms with van der Waals surface area (Å²) in [6.45, 7) is 6.50. The van der Waals surface area contributed by atoms with Gasteiger partial charge in [0.2, 0.25) is 5.91 Å². The van der Waals surface area contributed by atoms with E-state index >= 15 is 0 Å². The molecule has 1 aromatic heterocycles. The zero-order valence-electron chi connectivity index (χ0n) is 17.1. The number of halogens is 1. The van der Waals surface area contributed by atoms with Crippen molar-refractivity contribution in [3.63, 3.8) is 0 Å². The van der Waals surface area contributed by atoms with Crippen LogP contribution in [0.15, 0.2) is 46.8 Å². The Morgan fingerprint density at radius 3 is 2.72 bits per heavy atom. The number of nitrogens with one attached hydrogen (secondary N) is 3. The molecule has 2 aromatic rings. The number of aliphatic imine (C=N–C) groups is 1. The first-order valence-corrected chi connectivity index (χ1v) is 11.0. The normalized spacial score (nSPS) is 15.0. The number of benzene rings is 1. The van der Waals surface area contributed by atoms with Gasteiger partial charge in [-0.05, 0) is 48.9 Å². The fourth-order valence-corrected chi connectivity index (χ4v) is 3.88. The predicted molar refractivity (Wildman–Crippen MR) is 133 cm³/mol. The van der Waals surface area contributed by atoms with Gasteiger partial charge in [0, 0.05) is 35.5 Å². The molecule has 0 spiro atoms. The van der Waals surface area contributed by atoms with Crippen LogP contribution in [-0.4, -0.2) is 25.0 Å². The summed E-state index contributed by atoms with van der Waals surface area (Å²) in [7, 11) is 0. The van der Waals surface area contributed by atoms with Crippen molar-refractivity contribution in [2.24, 2.45) is 10.9 Å². The molecule has 29 heavy (non-hydrogen) atoms. The minimum Gasteiger partial charge on any atom is -0.357 e. The Hall–Kier alpha value is -1.61. The van der Waals surface area contributed by atoms with Crippen molar-refractivity contribution < 1.29 is 4.79 Å². The lowest BCUT2D eigenvalue weighted by Crippen LogP contribution is -2.39. The third kappa shape index (κ3) is 7.29. The Balaban J connectivity index is 0.00000300. The van der Waals surface area contributed by atoms with Gasteiger partial charge >= 0.3 is 0 Å². The van der Waals surface area contributed by atoms with Crippen LogP contribution < -0.4 is 16.0 Å². The zero-order chi connectivity index (χ0) is 19.8. The van der Waals surface area contributed by atoms with Crippen LogP contribution in [0.1, 0.15) is 49.5 Å². The summed E-state index contributed by atoms with van der Waals surface area (Å²) in [5, 5.41) is 11.9. The first-order valence-electron chi connectivity index (χ1n) is 10.1. The molecule has 1 saturated carbocycles. The van der Waals surface area contributed by atoms with Crippen molar-refractivity contribution in [1.29, 1.82) is 0 Å². The van der Waals surface area contributed by atoms with E-state index in [9.17, 15) is 4.79 Å². The van der Waals surface area contributed by atoms with Gasteiger partial charge in [0.1, 0.15) is 0 Å². The predicted octanol–water partition coefficient (Wildman–Crippen LogP) is 4.96. The standard InChI is InChI=1S/C22H30N4OS.HI/c1-3-23-22(24-14-16(2)20-11-6-12-28-20)25-15-17-7-4-10-19(13-17)26-21(27)18-8-5-9-18;/h4,6-7,10-13,16,18H,3,5,8-9,14-15H2,1-2H3,(H,26,27)(H2,23,24,25);1H. The Kier molecular flexibility index (Phi) is 9.93. The molecule has 1 unspecified atom stereocenters. The molecule has 0 saturated heterocycles. The van der Waals surface area contributed by atoms with Crippen LogP contribution in [0.4, 0.5) is 5.69 Å². The summed E-state index contributed by atoms with van der Waals surface area (Å²) in [5.41, 5.74) is 1.93. The molecule has 7 heteroatoms. The quantitative estimate of drug-likeness (QED) is 0.259. The van der Waals surface area contributed by atoms with E-state index in [-0.39, 0.29) is 35.8 Å². The topological polar surface area (TPSA) is 65.5 Å². The Morgan fingerprint density at radius 2 is 2.07 bits per heavy atom. The van der Waals surface area contributed by atoms with Crippen LogP contribution in [-0.2, 0) is 11.3 Å². The Morgan fingerprint density at radius 1 is 1.24 bits per heavy atom. The zero-order valence-corrected chi connectivity index (χ0v) is 20.3. The van der Waals surface area contributed by atoms with Crippen molar-refractivity contribution in [3.8, 4) is 0 Å². The van der Waals surface area contributed by atoms with E-state index in [1.54, 1.807) is 11.3 Å². The van der Waals surface area contributed by atoms with Gasteiger partial charge in [-0.15, -0.1) is 35.3 Å². The number of anilines is 1. The average molecular weight is 526 g/mol. The van der Waals surface area contributed by atoms with Crippen molar-refractivity contribution >= 4 is 52.9 Å². The summed E-state index contributed by atoms with van der Waals surface area (Å²) >= 11 is 1.79. The van der Waals surface area contributed by atoms with Gasteiger partial charge in [-0.1, -0.05) is 31.5 Å². The van der Waals surface area contributed by atoms with Crippen LogP contribution in [0, 0.1) is 5.92 Å². The molecule has 1 fully saturated rings. The maximum absolute atomic E-state index is 12.1. The van der Waals surface area contributed by atoms with Gasteiger partial charge in [-0.3, -0.25) is 4.79 Å². The third-order valence-electron chi connectivity index (χ3n) is 5.04. The molecule has 1 aromatic carbocycles. The van der Waals surface area contributed by atoms with Gasteiger partial charge < -0.3 is 16.0 Å². The number of hydrogen-bond donors (Lipinski definition) is 3. The van der Waals surface area contributed by atoms with Crippen LogP contribution in [0.3, 0.4) is 0 Å². The first-order chi connectivity index (χ1) is 13.7. The number of carbonyl (C=O) groups excluding carboxylic acids is 1. The van der Waals surface area contributed by atoms with E-state index in [0.29, 0.717) is 12.5 Å². The summed E-state index contributed by atoms with van der Waals surface area (Å²) < 4.78 is 0. The Labute approximate surface area is 194 Å². The maximum Gasteiger partial charge on any atom is 0.227 e. The molecule has 1 aliphatic carbocycles. The number of carbonyl (C=O) groups is 1. The largest absolute Gasteiger partial charge is 0.357 e. The van der Waals surface area contributed by atoms with E-state index in [1.165, 1.54) is 4.88 Å². The second-order valence-electron chi connectivity index (χ2n) is 7.31. The highest BCUT2D eigenvalue weighted by Gasteiger charge is 2.25. The van der Waals surface area contributed by atoms with E-state index < -0.39 is 0 Å². The molecule has 0 radical (unpaired) electrons. The second kappa shape index (κ2) is 12.2. The van der Waals surface area contributed by atoms with E-state index in [4.69, 9.17) is 4.99 Å². The van der Waals surface area contributed by atoms with Crippen molar-refractivity contribution in [3.05, 3.63) is 52.2 Å². The molecule has 158 valence electrons. The molecule has 1 aliphatic rings. The average Bonchev–Trinajstić information content (AvgIpc) is 3.17. The summed E-state index contributed by atoms with van der Waals surface area (Å²) in [6.07, 6.45) is 3.19. The van der Waals surface area contributed by atoms with E-state index in [2.05, 4.69) is 47.3 Å². The minimum absolute atomic E-state index is 0. The second-order valence-corrected chi connectivity index (χ2v) is 8.29. The molecule has 0 bridgehead atoms. The van der Waals surface area contributed by atoms with E-state index in [1.807, 2.05) is 24.3 Å². The number of hydrogen-bond acceptors (Lipinski definition) is 3. The molecule has 0 aliphatic heterocycles. The highest BCUT2D eigenvalue weighted by Crippen LogP contribution is 2.27. The molecular weight excluding hydrogens is 495 g/mol. The number of amides is 1. The molecule has 1 atom stereocenters. The van der Waals surface area contributed by atoms with Gasteiger partial charge in [-0.25, -0.2) is 4.99 Å². The van der Waals surface area contributed by atoms with Gasteiger partial charge in [0.25, 0.3) is 0 Å². The lowest BCUT2D eigenvalue weighted by atomic mass is 9.85. The molecular formula is C22H31IN4OS. The van der Waals surface area contributed by atoms with E-state index in [0.717, 1.165) is 49.6 Å². The first kappa shape index (κ1) is 23.7. The maximum atomic E-state index is 12.1. The lowest BCUT2D eigenvalue weighted by Gasteiger charge is -2.24. The van der Waals surface area contributed by atoms with Crippen molar-refractivity contribution in [2.75, 3.05) is 18.4 Å². The smallest absolute Gasteiger partial charge is 0.227 e. The SMILES string of the molecule is CCNC(=NCc1cccc(NC(=O)C2CCC2)c1)NCC(C)c1cccs1.I. The molecule has 3 N–H and O–H groups in total. The molecule has 1 heterocycles. The van der Waals surface area contributed by atoms with Crippen LogP contribution in [0.2, 0.25) is 0 Å². The van der Waals surface area contributed by atoms with Crippen LogP contribution >= 0.6 is 35.3 Å². The van der Waals surface area contributed by atoms with Crippen molar-refractivity contribution in [2.45, 2.75) is 45.6 Å². The summed E-state index contributed by atoms with van der Waals surface area (Å²) in [5.74, 6) is 1.59. The highest BCUT2D eigenvalue weighted by atomic mass is 127. The molecule has 5 nitrogen and oxygen atoms in total. The van der Waals surface area contributed by atoms with Crippen molar-refractivity contribution in [1.82, 2.24) is 10.6 Å². The fourth-order valence-electron chi connectivity index (χ4n) is 3.10. The number of nitrogens with zero attached hydrogens (tertiary/aromatic N) is 1. The van der Waals surface area contributed by atoms with Crippen LogP contribution in [0.5, 0.6) is 0 Å². The minimum atomic E-state index is 0. The highest BCUT2D eigenvalue weighted by molar-refractivity contribution is 14.0. The van der Waals surface area contributed by atoms with Gasteiger partial charge in [0.05, 0.1) is 6.54 Å². The molecule has 3 rings (SSSR count). The fraction of sp³-hybridized carbons (Fsp3) is 0.455. The van der Waals surface area contributed by atoms with Crippen LogP contribution in [0.25, 0.3) is 0 Å². The summed E-state index contributed by atoms with van der Waals surface area (Å²) in [4.78, 5) is 18.2. The third-order valence-corrected chi connectivity index (χ3v) is 6.14. The number of guanidine groups is 1. The lowest BCUT2D eigenvalue weighted by molar-refractivity contribution is -0.122. The van der Waals surface area contributed by atoms with Gasteiger partial charge in [-0.2, -0.15) is 0 Å². The number of thiophene rings is 1. The summed E-state index contributed by atoms with van der Waals surface area (Å²) in [6, 6.07) is 12.2.